The van der Waals surface area contributed by atoms with Crippen molar-refractivity contribution in [2.24, 2.45) is 0 Å². The lowest BCUT2D eigenvalue weighted by Gasteiger charge is -2.04. The Kier molecular flexibility index (Phi) is 13.7. The van der Waals surface area contributed by atoms with Crippen LogP contribution in [0.15, 0.2) is 24.3 Å². The van der Waals surface area contributed by atoms with Crippen LogP contribution in [0.2, 0.25) is 0 Å². The summed E-state index contributed by atoms with van der Waals surface area (Å²) < 4.78 is 0. The van der Waals surface area contributed by atoms with E-state index in [0.29, 0.717) is 6.54 Å². The van der Waals surface area contributed by atoms with E-state index in [-0.39, 0.29) is 6.03 Å². The van der Waals surface area contributed by atoms with Gasteiger partial charge >= 0.3 is 6.03 Å². The van der Waals surface area contributed by atoms with Gasteiger partial charge in [-0.2, -0.15) is 5.21 Å². The summed E-state index contributed by atoms with van der Waals surface area (Å²) in [6, 6.07) is -0.0828. The van der Waals surface area contributed by atoms with Gasteiger partial charge in [0.15, 0.2) is 5.82 Å². The van der Waals surface area contributed by atoms with Gasteiger partial charge in [-0.1, -0.05) is 62.1 Å². The summed E-state index contributed by atoms with van der Waals surface area (Å²) in [5.41, 5.74) is 0. The van der Waals surface area contributed by atoms with Gasteiger partial charge in [-0.25, -0.2) is 4.79 Å². The molecule has 146 valence electrons. The molecule has 0 aliphatic carbocycles. The summed E-state index contributed by atoms with van der Waals surface area (Å²) in [7, 11) is 0. The maximum absolute atomic E-state index is 11.5. The Balaban J connectivity index is 1.84. The molecule has 1 heterocycles. The number of allylic oxidation sites excluding steroid dienone is 3. The number of tetrazole rings is 1. The monoisotopic (exact) mass is 362 g/mol. The third-order valence-electron chi connectivity index (χ3n) is 3.96. The van der Waals surface area contributed by atoms with Gasteiger partial charge < -0.3 is 10.6 Å². The van der Waals surface area contributed by atoms with Crippen molar-refractivity contribution in [3.63, 3.8) is 0 Å². The van der Waals surface area contributed by atoms with Crippen molar-refractivity contribution >= 4 is 6.03 Å². The second-order valence-corrected chi connectivity index (χ2v) is 6.30. The molecule has 7 nitrogen and oxygen atoms in total. The molecule has 0 radical (unpaired) electrons. The molecule has 1 rings (SSSR count). The number of carbonyl (C=O) groups is 1. The number of unbranched alkanes of at least 4 members (excludes halogenated alkanes) is 6. The van der Waals surface area contributed by atoms with Crippen LogP contribution in [0.25, 0.3) is 0 Å². The van der Waals surface area contributed by atoms with Gasteiger partial charge in [0, 0.05) is 19.5 Å². The molecule has 0 atom stereocenters. The van der Waals surface area contributed by atoms with Crippen LogP contribution in [-0.4, -0.2) is 39.7 Å². The minimum atomic E-state index is -0.0828. The third kappa shape index (κ3) is 13.1. The van der Waals surface area contributed by atoms with E-state index >= 15 is 0 Å². The zero-order valence-corrected chi connectivity index (χ0v) is 16.0. The smallest absolute Gasteiger partial charge is 0.315 e. The van der Waals surface area contributed by atoms with Crippen molar-refractivity contribution in [3.05, 3.63) is 30.1 Å². The van der Waals surface area contributed by atoms with E-state index in [9.17, 15) is 4.79 Å². The number of rotatable bonds is 15. The minimum Gasteiger partial charge on any atom is -0.338 e. The Bertz CT molecular complexity index is 498. The Hall–Kier alpha value is -2.18. The summed E-state index contributed by atoms with van der Waals surface area (Å²) in [6.45, 7) is 3.48. The molecule has 26 heavy (non-hydrogen) atoms. The fourth-order valence-corrected chi connectivity index (χ4v) is 2.45. The summed E-state index contributed by atoms with van der Waals surface area (Å²) in [4.78, 5) is 11.5. The average molecular weight is 363 g/mol. The van der Waals surface area contributed by atoms with Gasteiger partial charge in [-0.05, 0) is 32.1 Å². The molecule has 0 saturated heterocycles. The number of H-pyrrole nitrogens is 1. The van der Waals surface area contributed by atoms with Crippen LogP contribution in [0.5, 0.6) is 0 Å². The molecule has 0 unspecified atom stereocenters. The lowest BCUT2D eigenvalue weighted by Crippen LogP contribution is -2.35. The normalized spacial score (nSPS) is 11.4. The molecular weight excluding hydrogens is 328 g/mol. The van der Waals surface area contributed by atoms with Crippen molar-refractivity contribution in [2.45, 2.75) is 71.1 Å². The zero-order valence-electron chi connectivity index (χ0n) is 16.0. The van der Waals surface area contributed by atoms with Crippen molar-refractivity contribution < 1.29 is 4.79 Å². The summed E-state index contributed by atoms with van der Waals surface area (Å²) in [6.07, 6.45) is 19.6. The van der Waals surface area contributed by atoms with Gasteiger partial charge in [0.25, 0.3) is 0 Å². The van der Waals surface area contributed by atoms with Crippen LogP contribution < -0.4 is 10.6 Å². The third-order valence-corrected chi connectivity index (χ3v) is 3.96. The number of aromatic nitrogens is 4. The molecule has 0 bridgehead atoms. The van der Waals surface area contributed by atoms with E-state index < -0.39 is 0 Å². The molecule has 1 aromatic heterocycles. The highest BCUT2D eigenvalue weighted by Gasteiger charge is 1.97. The number of amides is 2. The molecular formula is C19H34N6O. The Morgan fingerprint density at radius 1 is 1.00 bits per heavy atom. The standard InChI is InChI=1S/C19H34N6O/c1-2-3-13-16-20-19(26)21-17-14-11-9-7-5-4-6-8-10-12-15-18-22-24-25-23-18/h5,7,11,14H,2-4,6,8-10,12-13,15-17H2,1H3,(H2,20,21,26)(H,22,23,24,25)/b7-5-,14-11+. The SMILES string of the molecule is CCCCCNC(=O)NC/C=C/C/C=C\CCCCCCc1nn[nH]n1. The highest BCUT2D eigenvalue weighted by atomic mass is 16.2. The highest BCUT2D eigenvalue weighted by molar-refractivity contribution is 5.73. The fraction of sp³-hybridized carbons (Fsp3) is 0.684. The first-order valence-electron chi connectivity index (χ1n) is 9.87. The quantitative estimate of drug-likeness (QED) is 0.327. The van der Waals surface area contributed by atoms with E-state index in [1.807, 2.05) is 6.08 Å². The molecule has 0 aromatic carbocycles. The van der Waals surface area contributed by atoms with Crippen molar-refractivity contribution in [3.8, 4) is 0 Å². The number of urea groups is 1. The molecule has 0 saturated carbocycles. The number of carbonyl (C=O) groups excluding carboxylic acids is 1. The first-order valence-corrected chi connectivity index (χ1v) is 9.87. The molecule has 1 aromatic rings. The van der Waals surface area contributed by atoms with Gasteiger partial charge in [0.1, 0.15) is 0 Å². The van der Waals surface area contributed by atoms with Crippen LogP contribution in [0, 0.1) is 0 Å². The topological polar surface area (TPSA) is 95.6 Å². The van der Waals surface area contributed by atoms with E-state index in [0.717, 1.165) is 50.9 Å². The van der Waals surface area contributed by atoms with E-state index in [1.54, 1.807) is 0 Å². The van der Waals surface area contributed by atoms with Gasteiger partial charge in [-0.3, -0.25) is 0 Å². The van der Waals surface area contributed by atoms with Crippen LogP contribution in [0.3, 0.4) is 0 Å². The first-order chi connectivity index (χ1) is 12.8. The van der Waals surface area contributed by atoms with Crippen molar-refractivity contribution in [1.82, 2.24) is 31.3 Å². The van der Waals surface area contributed by atoms with Gasteiger partial charge in [0.05, 0.1) is 0 Å². The Morgan fingerprint density at radius 3 is 2.65 bits per heavy atom. The summed E-state index contributed by atoms with van der Waals surface area (Å²) in [5.74, 6) is 0.806. The molecule has 0 aliphatic heterocycles. The van der Waals surface area contributed by atoms with Crippen LogP contribution >= 0.6 is 0 Å². The van der Waals surface area contributed by atoms with Crippen LogP contribution in [0.4, 0.5) is 4.79 Å². The predicted molar refractivity (Wildman–Crippen MR) is 105 cm³/mol. The Labute approximate surface area is 157 Å². The van der Waals surface area contributed by atoms with E-state index in [4.69, 9.17) is 0 Å². The largest absolute Gasteiger partial charge is 0.338 e. The van der Waals surface area contributed by atoms with Crippen molar-refractivity contribution in [2.75, 3.05) is 13.1 Å². The zero-order chi connectivity index (χ0) is 18.7. The highest BCUT2D eigenvalue weighted by Crippen LogP contribution is 2.06. The average Bonchev–Trinajstić information content (AvgIpc) is 3.16. The van der Waals surface area contributed by atoms with Crippen LogP contribution in [-0.2, 0) is 6.42 Å². The number of aromatic amines is 1. The number of nitrogens with zero attached hydrogens (tertiary/aromatic N) is 3. The number of hydrogen-bond donors (Lipinski definition) is 3. The molecule has 7 heteroatoms. The van der Waals surface area contributed by atoms with Crippen molar-refractivity contribution in [1.29, 1.82) is 0 Å². The number of nitrogens with one attached hydrogen (secondary N) is 3. The van der Waals surface area contributed by atoms with Gasteiger partial charge in [-0.15, -0.1) is 10.2 Å². The van der Waals surface area contributed by atoms with E-state index in [1.165, 1.54) is 25.7 Å². The lowest BCUT2D eigenvalue weighted by molar-refractivity contribution is 0.241. The summed E-state index contributed by atoms with van der Waals surface area (Å²) >= 11 is 0. The first kappa shape index (κ1) is 21.9. The number of aryl methyl sites for hydroxylation is 1. The van der Waals surface area contributed by atoms with E-state index in [2.05, 4.69) is 56.4 Å². The number of hydrogen-bond acceptors (Lipinski definition) is 4. The van der Waals surface area contributed by atoms with Crippen LogP contribution in [0.1, 0.15) is 70.5 Å². The molecule has 2 amide bonds. The second kappa shape index (κ2) is 16.3. The summed E-state index contributed by atoms with van der Waals surface area (Å²) in [5, 5.41) is 19.6. The molecule has 0 aliphatic rings. The molecule has 0 fully saturated rings. The fourth-order valence-electron chi connectivity index (χ4n) is 2.45. The maximum Gasteiger partial charge on any atom is 0.315 e. The Morgan fingerprint density at radius 2 is 1.85 bits per heavy atom. The molecule has 3 N–H and O–H groups in total. The lowest BCUT2D eigenvalue weighted by atomic mass is 10.1. The maximum atomic E-state index is 11.5. The van der Waals surface area contributed by atoms with Gasteiger partial charge in [0.2, 0.25) is 0 Å². The predicted octanol–water partition coefficient (Wildman–Crippen LogP) is 3.68. The minimum absolute atomic E-state index is 0.0828. The molecule has 0 spiro atoms. The second-order valence-electron chi connectivity index (χ2n) is 6.30.